The van der Waals surface area contributed by atoms with Crippen LogP contribution in [0.15, 0.2) is 30.3 Å². The summed E-state index contributed by atoms with van der Waals surface area (Å²) in [5.41, 5.74) is -0.852. The first kappa shape index (κ1) is 30.9. The van der Waals surface area contributed by atoms with E-state index >= 15 is 0 Å². The number of ether oxygens (including phenoxy) is 1. The van der Waals surface area contributed by atoms with Crippen LogP contribution in [0.1, 0.15) is 93.1 Å². The Hall–Kier alpha value is -2.61. The normalized spacial score (nSPS) is 19.5. The molecule has 2 N–H and O–H groups in total. The second-order valence-corrected chi connectivity index (χ2v) is 13.4. The third-order valence-electron chi connectivity index (χ3n) is 7.61. The van der Waals surface area contributed by atoms with E-state index in [0.29, 0.717) is 32.4 Å². The molecule has 1 saturated heterocycles. The summed E-state index contributed by atoms with van der Waals surface area (Å²) in [7, 11) is 0. The molecule has 2 atom stereocenters. The molecule has 0 spiro atoms. The van der Waals surface area contributed by atoms with E-state index in [2.05, 4.69) is 27.7 Å². The molecule has 8 nitrogen and oxygen atoms in total. The average molecular weight is 543 g/mol. The molecule has 8 heteroatoms. The zero-order chi connectivity index (χ0) is 29.0. The van der Waals surface area contributed by atoms with Crippen LogP contribution in [0.5, 0.6) is 0 Å². The molecule has 2 fully saturated rings. The number of hydrogen-bond donors (Lipinski definition) is 2. The van der Waals surface area contributed by atoms with Crippen LogP contribution in [0.3, 0.4) is 0 Å². The lowest BCUT2D eigenvalue weighted by Gasteiger charge is -2.50. The molecular formula is C31H50N4O4. The molecule has 0 aromatic heterocycles. The Morgan fingerprint density at radius 2 is 1.64 bits per heavy atom. The zero-order valence-electron chi connectivity index (χ0n) is 25.3. The van der Waals surface area contributed by atoms with E-state index in [4.69, 9.17) is 4.74 Å². The molecule has 39 heavy (non-hydrogen) atoms. The van der Waals surface area contributed by atoms with Crippen molar-refractivity contribution in [1.29, 1.82) is 0 Å². The minimum atomic E-state index is -0.972. The van der Waals surface area contributed by atoms with Crippen molar-refractivity contribution in [1.82, 2.24) is 20.4 Å². The minimum absolute atomic E-state index is 0.00381. The van der Waals surface area contributed by atoms with Gasteiger partial charge in [-0.3, -0.25) is 14.5 Å². The average Bonchev–Trinajstić information content (AvgIpc) is 3.66. The molecule has 1 aliphatic heterocycles. The summed E-state index contributed by atoms with van der Waals surface area (Å²) in [6, 6.07) is 9.56. The monoisotopic (exact) mass is 542 g/mol. The Morgan fingerprint density at radius 1 is 1.05 bits per heavy atom. The Labute approximate surface area is 235 Å². The van der Waals surface area contributed by atoms with E-state index < -0.39 is 28.8 Å². The highest BCUT2D eigenvalue weighted by molar-refractivity contribution is 5.95. The molecule has 218 valence electrons. The van der Waals surface area contributed by atoms with Crippen LogP contribution in [-0.4, -0.2) is 69.6 Å². The van der Waals surface area contributed by atoms with Gasteiger partial charge in [-0.2, -0.15) is 0 Å². The van der Waals surface area contributed by atoms with Gasteiger partial charge in [-0.25, -0.2) is 4.79 Å². The number of piperidine rings is 1. The first-order chi connectivity index (χ1) is 18.1. The van der Waals surface area contributed by atoms with Crippen LogP contribution in [0.25, 0.3) is 0 Å². The lowest BCUT2D eigenvalue weighted by molar-refractivity contribution is -0.155. The fourth-order valence-electron chi connectivity index (χ4n) is 5.30. The predicted octanol–water partition coefficient (Wildman–Crippen LogP) is 4.87. The van der Waals surface area contributed by atoms with E-state index in [-0.39, 0.29) is 23.8 Å². The number of carbonyl (C=O) groups is 3. The molecule has 1 aromatic carbocycles. The van der Waals surface area contributed by atoms with E-state index in [1.54, 1.807) is 20.8 Å². The van der Waals surface area contributed by atoms with Gasteiger partial charge in [0.15, 0.2) is 0 Å². The lowest BCUT2D eigenvalue weighted by Crippen LogP contribution is -2.69. The molecule has 3 amide bonds. The van der Waals surface area contributed by atoms with Crippen LogP contribution in [0.2, 0.25) is 0 Å². The molecule has 0 radical (unpaired) electrons. The summed E-state index contributed by atoms with van der Waals surface area (Å²) in [6.07, 6.45) is 2.92. The Bertz CT molecular complexity index is 986. The minimum Gasteiger partial charge on any atom is -0.444 e. The van der Waals surface area contributed by atoms with Crippen molar-refractivity contribution in [2.75, 3.05) is 13.1 Å². The van der Waals surface area contributed by atoms with Crippen LogP contribution in [-0.2, 0) is 20.9 Å². The topological polar surface area (TPSA) is 91.0 Å². The van der Waals surface area contributed by atoms with Gasteiger partial charge in [0.05, 0.1) is 0 Å². The van der Waals surface area contributed by atoms with E-state index in [9.17, 15) is 14.4 Å². The van der Waals surface area contributed by atoms with Crippen molar-refractivity contribution < 1.29 is 19.1 Å². The van der Waals surface area contributed by atoms with Gasteiger partial charge in [0.25, 0.3) is 0 Å². The summed E-state index contributed by atoms with van der Waals surface area (Å²) >= 11 is 0. The van der Waals surface area contributed by atoms with Crippen molar-refractivity contribution in [2.24, 2.45) is 5.92 Å². The SMILES string of the molecule is CC[C@@H](C)[C@H](NC(=O)OC(C)(C)C)C(=O)N(C1CC1)C1(C(=O)NC(C)(C)C)CCN(Cc2ccccc2)CC1. The number of amides is 3. The van der Waals surface area contributed by atoms with Crippen LogP contribution >= 0.6 is 0 Å². The Morgan fingerprint density at radius 3 is 2.13 bits per heavy atom. The first-order valence-corrected chi connectivity index (χ1v) is 14.6. The molecule has 1 aliphatic carbocycles. The molecule has 1 aromatic rings. The summed E-state index contributed by atoms with van der Waals surface area (Å²) in [5, 5.41) is 6.08. The molecule has 1 saturated carbocycles. The molecule has 3 rings (SSSR count). The molecule has 2 aliphatic rings. The fraction of sp³-hybridized carbons (Fsp3) is 0.710. The van der Waals surface area contributed by atoms with Crippen LogP contribution in [0.4, 0.5) is 4.79 Å². The second kappa shape index (κ2) is 12.3. The molecular weight excluding hydrogens is 492 g/mol. The van der Waals surface area contributed by atoms with Gasteiger partial charge >= 0.3 is 6.09 Å². The highest BCUT2D eigenvalue weighted by Gasteiger charge is 2.55. The lowest BCUT2D eigenvalue weighted by atomic mass is 9.82. The first-order valence-electron chi connectivity index (χ1n) is 14.6. The fourth-order valence-corrected chi connectivity index (χ4v) is 5.30. The third kappa shape index (κ3) is 8.44. The van der Waals surface area contributed by atoms with Crippen molar-refractivity contribution in [2.45, 2.75) is 123 Å². The number of likely N-dealkylation sites (tertiary alicyclic amines) is 1. The number of nitrogens with one attached hydrogen (secondary N) is 2. The van der Waals surface area contributed by atoms with Crippen molar-refractivity contribution in [3.05, 3.63) is 35.9 Å². The van der Waals surface area contributed by atoms with Gasteiger partial charge < -0.3 is 20.3 Å². The highest BCUT2D eigenvalue weighted by Crippen LogP contribution is 2.40. The summed E-state index contributed by atoms with van der Waals surface area (Å²) < 4.78 is 5.52. The Kier molecular flexibility index (Phi) is 9.73. The summed E-state index contributed by atoms with van der Waals surface area (Å²) in [4.78, 5) is 45.6. The van der Waals surface area contributed by atoms with Gasteiger partial charge in [0.1, 0.15) is 17.2 Å². The van der Waals surface area contributed by atoms with Gasteiger partial charge in [-0.1, -0.05) is 50.6 Å². The summed E-state index contributed by atoms with van der Waals surface area (Å²) in [6.45, 7) is 17.5. The van der Waals surface area contributed by atoms with Gasteiger partial charge in [-0.15, -0.1) is 0 Å². The number of carbonyl (C=O) groups excluding carboxylic acids is 3. The van der Waals surface area contributed by atoms with E-state index in [0.717, 1.165) is 19.4 Å². The number of benzene rings is 1. The second-order valence-electron chi connectivity index (χ2n) is 13.4. The standard InChI is InChI=1S/C31H50N4O4/c1-9-22(2)25(32-28(38)39-30(6,7)8)26(36)35(24-15-16-24)31(27(37)33-29(3,4)5)17-19-34(20-18-31)21-23-13-11-10-12-14-23/h10-14,22,24-25H,9,15-21H2,1-8H3,(H,32,38)(H,33,37)/t22-,25+/m1/s1. The maximum Gasteiger partial charge on any atom is 0.408 e. The zero-order valence-corrected chi connectivity index (χ0v) is 25.3. The van der Waals surface area contributed by atoms with Gasteiger partial charge in [-0.05, 0) is 78.7 Å². The molecule has 1 heterocycles. The maximum absolute atomic E-state index is 14.4. The van der Waals surface area contributed by atoms with Crippen LogP contribution < -0.4 is 10.6 Å². The number of hydrogen-bond acceptors (Lipinski definition) is 5. The predicted molar refractivity (Wildman–Crippen MR) is 154 cm³/mol. The van der Waals surface area contributed by atoms with E-state index in [1.807, 2.05) is 57.7 Å². The number of alkyl carbamates (subject to hydrolysis) is 1. The quantitative estimate of drug-likeness (QED) is 0.465. The largest absolute Gasteiger partial charge is 0.444 e. The van der Waals surface area contributed by atoms with E-state index in [1.165, 1.54) is 5.56 Å². The Balaban J connectivity index is 1.92. The smallest absolute Gasteiger partial charge is 0.408 e. The maximum atomic E-state index is 14.4. The van der Waals surface area contributed by atoms with Crippen molar-refractivity contribution in [3.63, 3.8) is 0 Å². The highest BCUT2D eigenvalue weighted by atomic mass is 16.6. The molecule has 0 unspecified atom stereocenters. The van der Waals surface area contributed by atoms with Crippen LogP contribution in [0, 0.1) is 5.92 Å². The van der Waals surface area contributed by atoms with Gasteiger partial charge in [0.2, 0.25) is 11.8 Å². The number of nitrogens with zero attached hydrogens (tertiary/aromatic N) is 2. The third-order valence-corrected chi connectivity index (χ3v) is 7.61. The summed E-state index contributed by atoms with van der Waals surface area (Å²) in [5.74, 6) is -0.403. The van der Waals surface area contributed by atoms with Crippen molar-refractivity contribution >= 4 is 17.9 Å². The molecule has 0 bridgehead atoms. The number of rotatable bonds is 9. The van der Waals surface area contributed by atoms with Crippen molar-refractivity contribution in [3.8, 4) is 0 Å². The van der Waals surface area contributed by atoms with Gasteiger partial charge in [0, 0.05) is 31.2 Å².